The molecule has 7 nitrogen and oxygen atoms in total. The largest absolute Gasteiger partial charge is 0.456 e. The first-order chi connectivity index (χ1) is 6.02. The Labute approximate surface area is 68.0 Å². The first kappa shape index (κ1) is 10.9. The fraction of sp³-hybridized carbons (Fsp3) is 0. The van der Waals surface area contributed by atoms with Crippen LogP contribution in [0.2, 0.25) is 0 Å². The number of rotatable bonds is 0. The standard InChI is InChI=1S/C4F2O7/c5-12-3(9)1(7)11-2(8)4(10)13-6. The summed E-state index contributed by atoms with van der Waals surface area (Å²) in [5.41, 5.74) is 0. The summed E-state index contributed by atoms with van der Waals surface area (Å²) in [6.07, 6.45) is 0. The van der Waals surface area contributed by atoms with Crippen LogP contribution in [0.3, 0.4) is 0 Å². The molecule has 72 valence electrons. The SMILES string of the molecule is O=C(OF)C(=O)OC(=O)C(=O)OF. The van der Waals surface area contributed by atoms with E-state index in [0.29, 0.717) is 0 Å². The number of esters is 2. The minimum absolute atomic E-state index is 2.11. The van der Waals surface area contributed by atoms with Crippen LogP contribution in [-0.2, 0) is 33.8 Å². The normalized spacial score (nSPS) is 8.46. The molecule has 0 aromatic rings. The minimum Gasteiger partial charge on any atom is -0.376 e. The predicted molar refractivity (Wildman–Crippen MR) is 25.5 cm³/mol. The lowest BCUT2D eigenvalue weighted by Crippen LogP contribution is -2.26. The molecule has 0 amide bonds. The van der Waals surface area contributed by atoms with E-state index >= 15 is 0 Å². The van der Waals surface area contributed by atoms with Crippen LogP contribution in [0.25, 0.3) is 0 Å². The van der Waals surface area contributed by atoms with Gasteiger partial charge in [-0.15, -0.1) is 0 Å². The Hall–Kier alpha value is -2.06. The van der Waals surface area contributed by atoms with Gasteiger partial charge in [0.2, 0.25) is 0 Å². The molecule has 0 aliphatic rings. The second kappa shape index (κ2) is 4.74. The van der Waals surface area contributed by atoms with Crippen molar-refractivity contribution in [1.29, 1.82) is 0 Å². The summed E-state index contributed by atoms with van der Waals surface area (Å²) in [6, 6.07) is 0. The maximum atomic E-state index is 10.9. The van der Waals surface area contributed by atoms with Crippen molar-refractivity contribution >= 4 is 23.9 Å². The van der Waals surface area contributed by atoms with Crippen LogP contribution in [0.15, 0.2) is 0 Å². The minimum atomic E-state index is -2.17. The Morgan fingerprint density at radius 1 is 0.692 bits per heavy atom. The van der Waals surface area contributed by atoms with Crippen LogP contribution in [0, 0.1) is 0 Å². The summed E-state index contributed by atoms with van der Waals surface area (Å²) in [7, 11) is 0. The highest BCUT2D eigenvalue weighted by Gasteiger charge is 2.28. The van der Waals surface area contributed by atoms with Gasteiger partial charge in [-0.1, -0.05) is 0 Å². The summed E-state index contributed by atoms with van der Waals surface area (Å²) in [5.74, 6) is -8.56. The average Bonchev–Trinajstić information content (AvgIpc) is 2.14. The van der Waals surface area contributed by atoms with E-state index in [0.717, 1.165) is 0 Å². The molecule has 0 aliphatic heterocycles. The van der Waals surface area contributed by atoms with Gasteiger partial charge in [0.15, 0.2) is 0 Å². The summed E-state index contributed by atoms with van der Waals surface area (Å²) in [5, 5.41) is 0. The van der Waals surface area contributed by atoms with Crippen LogP contribution >= 0.6 is 0 Å². The Morgan fingerprint density at radius 3 is 1.23 bits per heavy atom. The maximum absolute atomic E-state index is 10.9. The predicted octanol–water partition coefficient (Wildman–Crippen LogP) is -1.09. The van der Waals surface area contributed by atoms with Crippen molar-refractivity contribution < 1.29 is 42.9 Å². The average molecular weight is 198 g/mol. The number of ether oxygens (including phenoxy) is 1. The molecule has 0 saturated heterocycles. The third-order valence-electron chi connectivity index (χ3n) is 0.659. The van der Waals surface area contributed by atoms with Crippen LogP contribution in [0.4, 0.5) is 9.05 Å². The molecule has 0 saturated carbocycles. The zero-order valence-corrected chi connectivity index (χ0v) is 5.61. The van der Waals surface area contributed by atoms with Crippen LogP contribution in [0.5, 0.6) is 0 Å². The van der Waals surface area contributed by atoms with Crippen molar-refractivity contribution in [3.05, 3.63) is 0 Å². The number of carbonyl (C=O) groups excluding carboxylic acids is 4. The van der Waals surface area contributed by atoms with Gasteiger partial charge in [-0.05, 0) is 0 Å². The van der Waals surface area contributed by atoms with Crippen molar-refractivity contribution in [1.82, 2.24) is 0 Å². The zero-order chi connectivity index (χ0) is 10.4. The molecule has 0 atom stereocenters. The third kappa shape index (κ3) is 3.22. The number of carbonyl (C=O) groups is 4. The fourth-order valence-electron chi connectivity index (χ4n) is 0.231. The lowest BCUT2D eigenvalue weighted by atomic mass is 10.6. The molecule has 0 radical (unpaired) electrons. The molecule has 13 heavy (non-hydrogen) atoms. The highest BCUT2D eigenvalue weighted by atomic mass is 19.3. The Bertz CT molecular complexity index is 233. The fourth-order valence-corrected chi connectivity index (χ4v) is 0.231. The molecule has 0 fully saturated rings. The van der Waals surface area contributed by atoms with Crippen molar-refractivity contribution in [3.8, 4) is 0 Å². The quantitative estimate of drug-likeness (QED) is 0.277. The van der Waals surface area contributed by atoms with E-state index in [-0.39, 0.29) is 0 Å². The van der Waals surface area contributed by atoms with Crippen molar-refractivity contribution in [2.45, 2.75) is 0 Å². The number of hydrogen-bond donors (Lipinski definition) is 0. The molecule has 0 aromatic heterocycles. The van der Waals surface area contributed by atoms with E-state index in [9.17, 15) is 28.2 Å². The van der Waals surface area contributed by atoms with Crippen LogP contribution in [-0.4, -0.2) is 23.9 Å². The highest BCUT2D eigenvalue weighted by molar-refractivity contribution is 6.38. The number of hydrogen-bond acceptors (Lipinski definition) is 7. The van der Waals surface area contributed by atoms with Gasteiger partial charge in [-0.3, -0.25) is 0 Å². The topological polar surface area (TPSA) is 96.0 Å². The molecule has 0 rings (SSSR count). The summed E-state index contributed by atoms with van der Waals surface area (Å²) >= 11 is 0. The Morgan fingerprint density at radius 2 is 1.00 bits per heavy atom. The summed E-state index contributed by atoms with van der Waals surface area (Å²) < 4.78 is 25.1. The lowest BCUT2D eigenvalue weighted by molar-refractivity contribution is -0.203. The van der Waals surface area contributed by atoms with Crippen molar-refractivity contribution in [2.24, 2.45) is 0 Å². The highest BCUT2D eigenvalue weighted by Crippen LogP contribution is 1.89. The van der Waals surface area contributed by atoms with Crippen LogP contribution < -0.4 is 0 Å². The van der Waals surface area contributed by atoms with Gasteiger partial charge in [-0.25, -0.2) is 29.1 Å². The monoisotopic (exact) mass is 198 g/mol. The van der Waals surface area contributed by atoms with Crippen LogP contribution in [0.1, 0.15) is 0 Å². The van der Waals surface area contributed by atoms with Gasteiger partial charge in [0.1, 0.15) is 0 Å². The second-order valence-electron chi connectivity index (χ2n) is 1.41. The van der Waals surface area contributed by atoms with E-state index in [1.807, 2.05) is 0 Å². The molecule has 0 N–H and O–H groups in total. The Balaban J connectivity index is 4.15. The van der Waals surface area contributed by atoms with Gasteiger partial charge in [-0.2, -0.15) is 0 Å². The lowest BCUT2D eigenvalue weighted by Gasteiger charge is -1.94. The van der Waals surface area contributed by atoms with E-state index in [4.69, 9.17) is 0 Å². The second-order valence-corrected chi connectivity index (χ2v) is 1.41. The van der Waals surface area contributed by atoms with E-state index in [1.54, 1.807) is 0 Å². The van der Waals surface area contributed by atoms with Gasteiger partial charge in [0, 0.05) is 9.05 Å². The van der Waals surface area contributed by atoms with E-state index in [2.05, 4.69) is 14.6 Å². The first-order valence-corrected chi connectivity index (χ1v) is 2.44. The molecule has 0 bridgehead atoms. The zero-order valence-electron chi connectivity index (χ0n) is 5.61. The van der Waals surface area contributed by atoms with Crippen molar-refractivity contribution in [3.63, 3.8) is 0 Å². The molecular formula is C4F2O7. The smallest absolute Gasteiger partial charge is 0.376 e. The van der Waals surface area contributed by atoms with E-state index in [1.165, 1.54) is 0 Å². The molecule has 0 heterocycles. The molecule has 0 spiro atoms. The van der Waals surface area contributed by atoms with Crippen molar-refractivity contribution in [2.75, 3.05) is 0 Å². The molecule has 0 aliphatic carbocycles. The molecular weight excluding hydrogens is 198 g/mol. The van der Waals surface area contributed by atoms with E-state index < -0.39 is 23.9 Å². The maximum Gasteiger partial charge on any atom is 0.456 e. The molecule has 0 aromatic carbocycles. The summed E-state index contributed by atoms with van der Waals surface area (Å²) in [6.45, 7) is 0. The molecule has 9 heteroatoms. The molecule has 0 unspecified atom stereocenters. The Kier molecular flexibility index (Phi) is 3.99. The van der Waals surface area contributed by atoms with Gasteiger partial charge in [0.05, 0.1) is 0 Å². The number of halogens is 2. The van der Waals surface area contributed by atoms with Gasteiger partial charge < -0.3 is 4.74 Å². The van der Waals surface area contributed by atoms with Gasteiger partial charge >= 0.3 is 23.9 Å². The van der Waals surface area contributed by atoms with Gasteiger partial charge in [0.25, 0.3) is 0 Å². The third-order valence-corrected chi connectivity index (χ3v) is 0.659. The first-order valence-electron chi connectivity index (χ1n) is 2.44. The summed E-state index contributed by atoms with van der Waals surface area (Å²) in [4.78, 5) is 44.6.